The first-order valence-corrected chi connectivity index (χ1v) is 4.59. The van der Waals surface area contributed by atoms with E-state index in [1.54, 1.807) is 0 Å². The van der Waals surface area contributed by atoms with Crippen molar-refractivity contribution in [2.75, 3.05) is 19.7 Å². The second kappa shape index (κ2) is 4.18. The minimum atomic E-state index is -0.472. The van der Waals surface area contributed by atoms with Crippen LogP contribution in [0.5, 0.6) is 0 Å². The first-order valence-electron chi connectivity index (χ1n) is 3.33. The Kier molecular flexibility index (Phi) is 3.44. The van der Waals surface area contributed by atoms with Gasteiger partial charge in [-0.2, -0.15) is 0 Å². The monoisotopic (exact) mass is 148 g/mol. The van der Waals surface area contributed by atoms with Crippen LogP contribution in [0, 0.1) is 0 Å². The summed E-state index contributed by atoms with van der Waals surface area (Å²) in [5.41, 5.74) is 0. The summed E-state index contributed by atoms with van der Waals surface area (Å²) in [6.07, 6.45) is 1.21. The van der Waals surface area contributed by atoms with Crippen LogP contribution in [0.15, 0.2) is 0 Å². The van der Waals surface area contributed by atoms with Crippen LogP contribution in [0.2, 0.25) is 0 Å². The fourth-order valence-corrected chi connectivity index (χ4v) is 2.00. The average Bonchev–Trinajstić information content (AvgIpc) is 1.91. The van der Waals surface area contributed by atoms with Crippen molar-refractivity contribution >= 4 is 8.45 Å². The summed E-state index contributed by atoms with van der Waals surface area (Å²) in [5.74, 6) is 0. The van der Waals surface area contributed by atoms with Crippen molar-refractivity contribution < 1.29 is 4.52 Å². The van der Waals surface area contributed by atoms with Gasteiger partial charge in [0.15, 0.2) is 8.45 Å². The van der Waals surface area contributed by atoms with Gasteiger partial charge in [-0.3, -0.25) is 10.2 Å². The van der Waals surface area contributed by atoms with Gasteiger partial charge in [0, 0.05) is 13.1 Å². The molecule has 0 radical (unpaired) electrons. The fourth-order valence-electron chi connectivity index (χ4n) is 0.726. The Morgan fingerprint density at radius 2 is 2.11 bits per heavy atom. The Morgan fingerprint density at radius 1 is 1.44 bits per heavy atom. The highest BCUT2D eigenvalue weighted by atomic mass is 31.2. The van der Waals surface area contributed by atoms with Crippen LogP contribution < -0.4 is 10.2 Å². The van der Waals surface area contributed by atoms with Gasteiger partial charge in [0.2, 0.25) is 0 Å². The van der Waals surface area contributed by atoms with Gasteiger partial charge in [0.05, 0.1) is 6.61 Å². The van der Waals surface area contributed by atoms with Crippen molar-refractivity contribution in [1.82, 2.24) is 10.2 Å². The van der Waals surface area contributed by atoms with Gasteiger partial charge in [0.25, 0.3) is 0 Å². The second-order valence-corrected chi connectivity index (χ2v) is 3.36. The summed E-state index contributed by atoms with van der Waals surface area (Å²) in [5, 5.41) is 6.50. The minimum Gasteiger partial charge on any atom is -0.332 e. The Bertz CT molecular complexity index is 72.6. The highest BCUT2D eigenvalue weighted by Crippen LogP contribution is 2.27. The summed E-state index contributed by atoms with van der Waals surface area (Å²) in [4.78, 5) is 0. The molecule has 0 atom stereocenters. The molecule has 0 aromatic carbocycles. The van der Waals surface area contributed by atoms with Crippen molar-refractivity contribution in [2.24, 2.45) is 0 Å². The summed E-state index contributed by atoms with van der Waals surface area (Å²) in [7, 11) is -0.472. The third-order valence-electron chi connectivity index (χ3n) is 1.12. The zero-order chi connectivity index (χ0) is 6.53. The van der Waals surface area contributed by atoms with Crippen molar-refractivity contribution in [3.63, 3.8) is 0 Å². The highest BCUT2D eigenvalue weighted by Gasteiger charge is 2.10. The molecule has 1 aliphatic heterocycles. The molecular weight excluding hydrogens is 135 g/mol. The van der Waals surface area contributed by atoms with Crippen LogP contribution in [0.1, 0.15) is 13.3 Å². The SMILES string of the molecule is CCOP1NCCCN1. The lowest BCUT2D eigenvalue weighted by Crippen LogP contribution is -2.29. The summed E-state index contributed by atoms with van der Waals surface area (Å²) < 4.78 is 5.33. The van der Waals surface area contributed by atoms with Gasteiger partial charge in [0.1, 0.15) is 0 Å². The van der Waals surface area contributed by atoms with Crippen LogP contribution in [0.25, 0.3) is 0 Å². The first-order chi connectivity index (χ1) is 4.43. The number of hydrogen-bond acceptors (Lipinski definition) is 3. The van der Waals surface area contributed by atoms with E-state index in [4.69, 9.17) is 4.52 Å². The van der Waals surface area contributed by atoms with Crippen LogP contribution in [-0.4, -0.2) is 19.7 Å². The minimum absolute atomic E-state index is 0.472. The van der Waals surface area contributed by atoms with E-state index in [2.05, 4.69) is 10.2 Å². The van der Waals surface area contributed by atoms with Crippen molar-refractivity contribution in [3.8, 4) is 0 Å². The predicted molar refractivity (Wildman–Crippen MR) is 39.2 cm³/mol. The van der Waals surface area contributed by atoms with E-state index in [1.165, 1.54) is 6.42 Å². The molecule has 0 saturated carbocycles. The van der Waals surface area contributed by atoms with Gasteiger partial charge in [-0.15, -0.1) is 0 Å². The molecule has 1 aliphatic rings. The number of hydrogen-bond donors (Lipinski definition) is 2. The van der Waals surface area contributed by atoms with E-state index in [-0.39, 0.29) is 0 Å². The second-order valence-electron chi connectivity index (χ2n) is 1.88. The number of nitrogens with one attached hydrogen (secondary N) is 2. The molecule has 0 unspecified atom stereocenters. The van der Waals surface area contributed by atoms with Crippen LogP contribution in [0.3, 0.4) is 0 Å². The Balaban J connectivity index is 2.08. The van der Waals surface area contributed by atoms with E-state index in [1.807, 2.05) is 6.92 Å². The highest BCUT2D eigenvalue weighted by molar-refractivity contribution is 7.48. The van der Waals surface area contributed by atoms with Gasteiger partial charge in [-0.25, -0.2) is 0 Å². The third-order valence-corrected chi connectivity index (χ3v) is 2.66. The van der Waals surface area contributed by atoms with E-state index >= 15 is 0 Å². The Morgan fingerprint density at radius 3 is 2.67 bits per heavy atom. The first kappa shape index (κ1) is 7.42. The lowest BCUT2D eigenvalue weighted by molar-refractivity contribution is 0.359. The maximum atomic E-state index is 5.33. The van der Waals surface area contributed by atoms with Crippen molar-refractivity contribution in [3.05, 3.63) is 0 Å². The van der Waals surface area contributed by atoms with Gasteiger partial charge < -0.3 is 4.52 Å². The molecule has 0 aromatic heterocycles. The summed E-state index contributed by atoms with van der Waals surface area (Å²) >= 11 is 0. The largest absolute Gasteiger partial charge is 0.332 e. The quantitative estimate of drug-likeness (QED) is 0.569. The molecule has 1 rings (SSSR count). The normalized spacial score (nSPS) is 22.3. The molecule has 1 fully saturated rings. The van der Waals surface area contributed by atoms with Crippen LogP contribution >= 0.6 is 8.45 Å². The zero-order valence-corrected chi connectivity index (χ0v) is 6.58. The lowest BCUT2D eigenvalue weighted by atomic mass is 10.4. The average molecular weight is 148 g/mol. The van der Waals surface area contributed by atoms with E-state index in [0.717, 1.165) is 19.7 Å². The van der Waals surface area contributed by atoms with Crippen molar-refractivity contribution in [2.45, 2.75) is 13.3 Å². The molecule has 4 heteroatoms. The van der Waals surface area contributed by atoms with Crippen molar-refractivity contribution in [1.29, 1.82) is 0 Å². The van der Waals surface area contributed by atoms with Crippen LogP contribution in [0.4, 0.5) is 0 Å². The molecule has 9 heavy (non-hydrogen) atoms. The predicted octanol–water partition coefficient (Wildman–Crippen LogP) is 0.833. The molecule has 54 valence electrons. The summed E-state index contributed by atoms with van der Waals surface area (Å²) in [6.45, 7) is 5.00. The maximum Gasteiger partial charge on any atom is 0.182 e. The molecular formula is C5H13N2OP. The molecule has 0 spiro atoms. The topological polar surface area (TPSA) is 33.3 Å². The standard InChI is InChI=1S/C5H13N2OP/c1-2-8-9-6-4-3-5-7-9/h6-7H,2-5H2,1H3. The molecule has 1 heterocycles. The maximum absolute atomic E-state index is 5.33. The molecule has 2 N–H and O–H groups in total. The zero-order valence-electron chi connectivity index (χ0n) is 5.68. The number of rotatable bonds is 2. The van der Waals surface area contributed by atoms with E-state index in [0.29, 0.717) is 0 Å². The van der Waals surface area contributed by atoms with Gasteiger partial charge in [-0.1, -0.05) is 0 Å². The Hall–Kier alpha value is 0.310. The lowest BCUT2D eigenvalue weighted by Gasteiger charge is -2.22. The molecule has 0 amide bonds. The van der Waals surface area contributed by atoms with E-state index in [9.17, 15) is 0 Å². The Labute approximate surface area is 57.1 Å². The molecule has 3 nitrogen and oxygen atoms in total. The van der Waals surface area contributed by atoms with E-state index < -0.39 is 8.45 Å². The molecule has 1 saturated heterocycles. The molecule has 0 aromatic rings. The fraction of sp³-hybridized carbons (Fsp3) is 1.00. The molecule has 0 bridgehead atoms. The third kappa shape index (κ3) is 2.59. The smallest absolute Gasteiger partial charge is 0.182 e. The summed E-state index contributed by atoms with van der Waals surface area (Å²) in [6, 6.07) is 0. The van der Waals surface area contributed by atoms with Gasteiger partial charge >= 0.3 is 0 Å². The molecule has 0 aliphatic carbocycles. The van der Waals surface area contributed by atoms with Crippen LogP contribution in [-0.2, 0) is 4.52 Å². The van der Waals surface area contributed by atoms with Gasteiger partial charge in [-0.05, 0) is 13.3 Å².